The first-order valence-corrected chi connectivity index (χ1v) is 7.52. The van der Waals surface area contributed by atoms with Crippen LogP contribution in [0.4, 0.5) is 14.5 Å². The Hall–Kier alpha value is -1.95. The molecule has 1 aromatic heterocycles. The Morgan fingerprint density at radius 2 is 2.00 bits per heavy atom. The molecule has 1 saturated carbocycles. The van der Waals surface area contributed by atoms with Crippen LogP contribution < -0.4 is 5.73 Å². The van der Waals surface area contributed by atoms with E-state index in [1.54, 1.807) is 16.2 Å². The summed E-state index contributed by atoms with van der Waals surface area (Å²) in [4.78, 5) is 15.2. The highest BCUT2D eigenvalue weighted by molar-refractivity contribution is 7.09. The average Bonchev–Trinajstić information content (AvgIpc) is 3.17. The maximum absolute atomic E-state index is 13.5. The number of hydrogen-bond donors (Lipinski definition) is 1. The quantitative estimate of drug-likeness (QED) is 0.880. The number of carbonyl (C=O) groups excluding carboxylic acids is 1. The van der Waals surface area contributed by atoms with Crippen LogP contribution in [0.15, 0.2) is 29.6 Å². The number of amides is 1. The second-order valence-corrected chi connectivity index (χ2v) is 6.13. The zero-order chi connectivity index (χ0) is 15.0. The smallest absolute Gasteiger partial charge is 0.254 e. The van der Waals surface area contributed by atoms with Gasteiger partial charge >= 0.3 is 0 Å². The van der Waals surface area contributed by atoms with Crippen molar-refractivity contribution in [3.05, 3.63) is 51.7 Å². The van der Waals surface area contributed by atoms with Crippen LogP contribution in [0, 0.1) is 11.6 Å². The fourth-order valence-electron chi connectivity index (χ4n) is 2.20. The molecule has 1 amide bonds. The Balaban J connectivity index is 1.87. The lowest BCUT2D eigenvalue weighted by Crippen LogP contribution is -2.32. The van der Waals surface area contributed by atoms with Gasteiger partial charge in [0.25, 0.3) is 5.91 Å². The third-order valence-corrected chi connectivity index (χ3v) is 4.34. The van der Waals surface area contributed by atoms with Gasteiger partial charge in [-0.3, -0.25) is 4.79 Å². The SMILES string of the molecule is Nc1c(F)cc(C(=O)N(Cc2cccs2)C2CC2)cc1F. The first kappa shape index (κ1) is 14.0. The van der Waals surface area contributed by atoms with Gasteiger partial charge < -0.3 is 10.6 Å². The summed E-state index contributed by atoms with van der Waals surface area (Å²) < 4.78 is 27.0. The highest BCUT2D eigenvalue weighted by atomic mass is 32.1. The number of anilines is 1. The van der Waals surface area contributed by atoms with Crippen LogP contribution in [0.1, 0.15) is 28.1 Å². The van der Waals surface area contributed by atoms with Crippen molar-refractivity contribution in [1.82, 2.24) is 4.90 Å². The van der Waals surface area contributed by atoms with Crippen molar-refractivity contribution in [2.75, 3.05) is 5.73 Å². The molecule has 1 aromatic carbocycles. The molecule has 0 spiro atoms. The summed E-state index contributed by atoms with van der Waals surface area (Å²) >= 11 is 1.56. The Labute approximate surface area is 125 Å². The van der Waals surface area contributed by atoms with Gasteiger partial charge in [0.15, 0.2) is 0 Å². The molecule has 2 aromatic rings. The van der Waals surface area contributed by atoms with Crippen LogP contribution in [-0.2, 0) is 6.54 Å². The molecular formula is C15H14F2N2OS. The lowest BCUT2D eigenvalue weighted by atomic mass is 10.1. The molecule has 21 heavy (non-hydrogen) atoms. The van der Waals surface area contributed by atoms with Gasteiger partial charge in [-0.1, -0.05) is 6.07 Å². The fourth-order valence-corrected chi connectivity index (χ4v) is 2.90. The monoisotopic (exact) mass is 308 g/mol. The third kappa shape index (κ3) is 2.90. The maximum Gasteiger partial charge on any atom is 0.254 e. The fraction of sp³-hybridized carbons (Fsp3) is 0.267. The van der Waals surface area contributed by atoms with E-state index >= 15 is 0 Å². The van der Waals surface area contributed by atoms with E-state index in [9.17, 15) is 13.6 Å². The molecule has 0 atom stereocenters. The lowest BCUT2D eigenvalue weighted by Gasteiger charge is -2.22. The zero-order valence-electron chi connectivity index (χ0n) is 11.2. The second-order valence-electron chi connectivity index (χ2n) is 5.10. The Morgan fingerprint density at radius 1 is 1.33 bits per heavy atom. The maximum atomic E-state index is 13.5. The van der Waals surface area contributed by atoms with E-state index in [-0.39, 0.29) is 17.5 Å². The van der Waals surface area contributed by atoms with Crippen LogP contribution in [0.5, 0.6) is 0 Å². The number of hydrogen-bond acceptors (Lipinski definition) is 3. The van der Waals surface area contributed by atoms with Gasteiger partial charge in [-0.15, -0.1) is 11.3 Å². The highest BCUT2D eigenvalue weighted by Crippen LogP contribution is 2.31. The molecule has 0 bridgehead atoms. The molecule has 0 saturated heterocycles. The van der Waals surface area contributed by atoms with Gasteiger partial charge in [0.1, 0.15) is 17.3 Å². The molecule has 1 aliphatic rings. The minimum atomic E-state index is -0.898. The van der Waals surface area contributed by atoms with Gasteiger partial charge in [0, 0.05) is 16.5 Å². The van der Waals surface area contributed by atoms with E-state index in [0.717, 1.165) is 29.9 Å². The number of rotatable bonds is 4. The number of halogens is 2. The number of thiophene rings is 1. The van der Waals surface area contributed by atoms with E-state index in [2.05, 4.69) is 0 Å². The number of carbonyl (C=O) groups is 1. The van der Waals surface area contributed by atoms with Gasteiger partial charge in [-0.2, -0.15) is 0 Å². The average molecular weight is 308 g/mol. The van der Waals surface area contributed by atoms with Crippen LogP contribution in [0.25, 0.3) is 0 Å². The van der Waals surface area contributed by atoms with Crippen LogP contribution in [-0.4, -0.2) is 16.8 Å². The van der Waals surface area contributed by atoms with Gasteiger partial charge in [0.2, 0.25) is 0 Å². The standard InChI is InChI=1S/C15H14F2N2OS/c16-12-6-9(7-13(17)14(12)18)15(20)19(10-3-4-10)8-11-2-1-5-21-11/h1-2,5-7,10H,3-4,8,18H2. The molecule has 0 radical (unpaired) electrons. The minimum Gasteiger partial charge on any atom is -0.394 e. The zero-order valence-corrected chi connectivity index (χ0v) is 12.0. The number of nitrogen functional groups attached to an aromatic ring is 1. The van der Waals surface area contributed by atoms with E-state index < -0.39 is 17.3 Å². The van der Waals surface area contributed by atoms with E-state index in [1.807, 2.05) is 17.5 Å². The van der Waals surface area contributed by atoms with Crippen molar-refractivity contribution in [2.24, 2.45) is 0 Å². The van der Waals surface area contributed by atoms with Crippen molar-refractivity contribution in [1.29, 1.82) is 0 Å². The highest BCUT2D eigenvalue weighted by Gasteiger charge is 2.33. The van der Waals surface area contributed by atoms with Crippen LogP contribution in [0.2, 0.25) is 0 Å². The molecule has 3 nitrogen and oxygen atoms in total. The number of nitrogens with zero attached hydrogens (tertiary/aromatic N) is 1. The van der Waals surface area contributed by atoms with Gasteiger partial charge in [0.05, 0.1) is 6.54 Å². The summed E-state index contributed by atoms with van der Waals surface area (Å²) in [6.45, 7) is 0.467. The Kier molecular flexibility index (Phi) is 3.63. The van der Waals surface area contributed by atoms with Crippen molar-refractivity contribution in [3.63, 3.8) is 0 Å². The Morgan fingerprint density at radius 3 is 2.52 bits per heavy atom. The van der Waals surface area contributed by atoms with E-state index in [1.165, 1.54) is 0 Å². The molecule has 6 heteroatoms. The number of benzene rings is 1. The van der Waals surface area contributed by atoms with Gasteiger partial charge in [-0.05, 0) is 36.4 Å². The lowest BCUT2D eigenvalue weighted by molar-refractivity contribution is 0.0730. The number of nitrogens with two attached hydrogens (primary N) is 1. The van der Waals surface area contributed by atoms with Crippen molar-refractivity contribution >= 4 is 22.9 Å². The summed E-state index contributed by atoms with van der Waals surface area (Å²) in [5.74, 6) is -2.15. The molecule has 1 aliphatic carbocycles. The summed E-state index contributed by atoms with van der Waals surface area (Å²) in [7, 11) is 0. The second kappa shape index (κ2) is 5.44. The first-order chi connectivity index (χ1) is 10.1. The molecule has 110 valence electrons. The molecule has 1 heterocycles. The molecular weight excluding hydrogens is 294 g/mol. The Bertz CT molecular complexity index is 645. The van der Waals surface area contributed by atoms with Crippen molar-refractivity contribution in [2.45, 2.75) is 25.4 Å². The summed E-state index contributed by atoms with van der Waals surface area (Å²) in [6, 6.07) is 6.02. The largest absolute Gasteiger partial charge is 0.394 e. The van der Waals surface area contributed by atoms with E-state index in [0.29, 0.717) is 6.54 Å². The third-order valence-electron chi connectivity index (χ3n) is 3.48. The van der Waals surface area contributed by atoms with Crippen LogP contribution >= 0.6 is 11.3 Å². The molecule has 2 N–H and O–H groups in total. The molecule has 3 rings (SSSR count). The van der Waals surface area contributed by atoms with Crippen molar-refractivity contribution in [3.8, 4) is 0 Å². The molecule has 0 unspecified atom stereocenters. The normalized spacial score (nSPS) is 14.2. The van der Waals surface area contributed by atoms with Crippen molar-refractivity contribution < 1.29 is 13.6 Å². The van der Waals surface area contributed by atoms with Crippen LogP contribution in [0.3, 0.4) is 0 Å². The first-order valence-electron chi connectivity index (χ1n) is 6.64. The summed E-state index contributed by atoms with van der Waals surface area (Å²) in [5, 5.41) is 1.94. The van der Waals surface area contributed by atoms with Gasteiger partial charge in [-0.25, -0.2) is 8.78 Å². The molecule has 0 aliphatic heterocycles. The summed E-state index contributed by atoms with van der Waals surface area (Å²) in [6.07, 6.45) is 1.86. The van der Waals surface area contributed by atoms with E-state index in [4.69, 9.17) is 5.73 Å². The topological polar surface area (TPSA) is 46.3 Å². The predicted octanol–water partition coefficient (Wildman–Crippen LogP) is 3.41. The molecule has 1 fully saturated rings. The minimum absolute atomic E-state index is 0.00246. The predicted molar refractivity (Wildman–Crippen MR) is 78.0 cm³/mol. The summed E-state index contributed by atoms with van der Waals surface area (Å²) in [5.41, 5.74) is 4.69.